The molecule has 0 saturated heterocycles. The highest BCUT2D eigenvalue weighted by atomic mass is 32.2. The van der Waals surface area contributed by atoms with Crippen LogP contribution in [0.2, 0.25) is 0 Å². The lowest BCUT2D eigenvalue weighted by Gasteiger charge is -2.14. The van der Waals surface area contributed by atoms with Crippen LogP contribution in [0.1, 0.15) is 17.3 Å². The Morgan fingerprint density at radius 1 is 1.07 bits per heavy atom. The van der Waals surface area contributed by atoms with Gasteiger partial charge in [0.05, 0.1) is 17.6 Å². The average molecular weight is 433 g/mol. The van der Waals surface area contributed by atoms with Crippen LogP contribution in [0.5, 0.6) is 0 Å². The molecule has 2 aromatic carbocycles. The van der Waals surface area contributed by atoms with E-state index in [2.05, 4.69) is 10.3 Å². The number of carbonyl (C=O) groups excluding carboxylic acids is 2. The van der Waals surface area contributed by atoms with Gasteiger partial charge in [0.1, 0.15) is 6.54 Å². The molecule has 30 heavy (non-hydrogen) atoms. The highest BCUT2D eigenvalue weighted by Crippen LogP contribution is 2.30. The number of hydrogen-bond acceptors (Lipinski definition) is 4. The van der Waals surface area contributed by atoms with Crippen LogP contribution in [0.4, 0.5) is 18.9 Å². The van der Waals surface area contributed by atoms with Crippen LogP contribution in [0.3, 0.4) is 0 Å². The third-order valence-corrected chi connectivity index (χ3v) is 5.08. The van der Waals surface area contributed by atoms with Crippen molar-refractivity contribution in [2.75, 3.05) is 11.1 Å². The first-order chi connectivity index (χ1) is 14.2. The van der Waals surface area contributed by atoms with Gasteiger partial charge in [0.15, 0.2) is 10.9 Å². The molecule has 1 heterocycles. The molecule has 0 aliphatic carbocycles. The Kier molecular flexibility index (Phi) is 6.61. The summed E-state index contributed by atoms with van der Waals surface area (Å²) >= 11 is 0.954. The fraction of sp³-hybridized carbons (Fsp3) is 0.190. The Bertz CT molecular complexity index is 1030. The molecule has 0 atom stereocenters. The molecule has 3 aromatic rings. The summed E-state index contributed by atoms with van der Waals surface area (Å²) in [6.45, 7) is 0.182. The molecule has 156 valence electrons. The minimum atomic E-state index is -4.43. The number of nitrogens with zero attached hydrogens (tertiary/aromatic N) is 2. The van der Waals surface area contributed by atoms with E-state index in [4.69, 9.17) is 0 Å². The van der Waals surface area contributed by atoms with Crippen LogP contribution in [-0.2, 0) is 11.3 Å². The number of aromatic nitrogens is 2. The summed E-state index contributed by atoms with van der Waals surface area (Å²) in [5, 5.41) is 2.72. The van der Waals surface area contributed by atoms with Crippen molar-refractivity contribution in [3.63, 3.8) is 0 Å². The maximum Gasteiger partial charge on any atom is 0.406 e. The molecule has 5 nitrogen and oxygen atoms in total. The van der Waals surface area contributed by atoms with Crippen LogP contribution in [0, 0.1) is 0 Å². The molecule has 0 saturated carbocycles. The third kappa shape index (κ3) is 5.73. The molecular weight excluding hydrogens is 415 g/mol. The maximum absolute atomic E-state index is 13.1. The number of rotatable bonds is 7. The van der Waals surface area contributed by atoms with Crippen molar-refractivity contribution in [1.82, 2.24) is 9.55 Å². The minimum Gasteiger partial charge on any atom is -0.326 e. The molecule has 1 amide bonds. The predicted octanol–water partition coefficient (Wildman–Crippen LogP) is 5.05. The lowest BCUT2D eigenvalue weighted by molar-refractivity contribution is -0.141. The molecule has 1 N–H and O–H groups in total. The van der Waals surface area contributed by atoms with E-state index in [0.29, 0.717) is 22.5 Å². The van der Waals surface area contributed by atoms with Crippen molar-refractivity contribution >= 4 is 29.1 Å². The van der Waals surface area contributed by atoms with E-state index in [1.54, 1.807) is 54.6 Å². The van der Waals surface area contributed by atoms with Gasteiger partial charge in [0.2, 0.25) is 5.91 Å². The highest BCUT2D eigenvalue weighted by Gasteiger charge is 2.31. The Morgan fingerprint density at radius 3 is 2.33 bits per heavy atom. The quantitative estimate of drug-likeness (QED) is 0.419. The second kappa shape index (κ2) is 9.17. The second-order valence-corrected chi connectivity index (χ2v) is 7.41. The highest BCUT2D eigenvalue weighted by molar-refractivity contribution is 7.99. The fourth-order valence-electron chi connectivity index (χ4n) is 2.80. The third-order valence-electron chi connectivity index (χ3n) is 4.09. The van der Waals surface area contributed by atoms with E-state index < -0.39 is 12.7 Å². The number of hydrogen-bond donors (Lipinski definition) is 1. The first-order valence-electron chi connectivity index (χ1n) is 8.94. The number of benzene rings is 2. The minimum absolute atomic E-state index is 0.0669. The predicted molar refractivity (Wildman–Crippen MR) is 110 cm³/mol. The van der Waals surface area contributed by atoms with Crippen molar-refractivity contribution in [3.8, 4) is 11.3 Å². The number of ketones is 1. The Labute approximate surface area is 175 Å². The van der Waals surface area contributed by atoms with Crippen molar-refractivity contribution in [2.45, 2.75) is 24.8 Å². The van der Waals surface area contributed by atoms with E-state index in [0.717, 1.165) is 16.3 Å². The number of alkyl halides is 3. The van der Waals surface area contributed by atoms with Gasteiger partial charge in [-0.3, -0.25) is 9.59 Å². The number of halogens is 3. The SMILES string of the molecule is CC(=O)Nc1ccc(C(=O)CSc2ncc(-c3ccccc3)n2CC(F)(F)F)cc1. The van der Waals surface area contributed by atoms with Crippen LogP contribution in [0.15, 0.2) is 66.0 Å². The Hall–Kier alpha value is -3.07. The zero-order valence-corrected chi connectivity index (χ0v) is 16.8. The second-order valence-electron chi connectivity index (χ2n) is 6.46. The lowest BCUT2D eigenvalue weighted by Crippen LogP contribution is -2.19. The van der Waals surface area contributed by atoms with Gasteiger partial charge in [-0.2, -0.15) is 13.2 Å². The molecule has 0 spiro atoms. The number of anilines is 1. The van der Waals surface area contributed by atoms with Crippen molar-refractivity contribution < 1.29 is 22.8 Å². The Morgan fingerprint density at radius 2 is 1.73 bits per heavy atom. The lowest BCUT2D eigenvalue weighted by atomic mass is 10.1. The normalized spacial score (nSPS) is 11.3. The summed E-state index contributed by atoms with van der Waals surface area (Å²) in [6, 6.07) is 15.0. The number of amides is 1. The first kappa shape index (κ1) is 21.6. The maximum atomic E-state index is 13.1. The number of Topliss-reactive ketones (excluding diaryl/α,β-unsaturated/α-hetero) is 1. The topological polar surface area (TPSA) is 64.0 Å². The van der Waals surface area contributed by atoms with E-state index in [-0.39, 0.29) is 22.6 Å². The molecule has 0 aliphatic rings. The van der Waals surface area contributed by atoms with Crippen LogP contribution in [0.25, 0.3) is 11.3 Å². The number of imidazole rings is 1. The van der Waals surface area contributed by atoms with Gasteiger partial charge in [-0.25, -0.2) is 4.98 Å². The monoisotopic (exact) mass is 433 g/mol. The molecule has 9 heteroatoms. The van der Waals surface area contributed by atoms with E-state index in [9.17, 15) is 22.8 Å². The van der Waals surface area contributed by atoms with Crippen LogP contribution in [-0.4, -0.2) is 33.2 Å². The summed E-state index contributed by atoms with van der Waals surface area (Å²) in [5.41, 5.74) is 1.90. The van der Waals surface area contributed by atoms with Gasteiger partial charge in [-0.1, -0.05) is 42.1 Å². The zero-order valence-electron chi connectivity index (χ0n) is 15.9. The largest absolute Gasteiger partial charge is 0.406 e. The summed E-state index contributed by atoms with van der Waals surface area (Å²) in [4.78, 5) is 27.6. The van der Waals surface area contributed by atoms with Crippen molar-refractivity contribution in [3.05, 3.63) is 66.4 Å². The number of carbonyl (C=O) groups is 2. The van der Waals surface area contributed by atoms with E-state index >= 15 is 0 Å². The average Bonchev–Trinajstić information content (AvgIpc) is 3.07. The summed E-state index contributed by atoms with van der Waals surface area (Å²) in [5.74, 6) is -0.546. The van der Waals surface area contributed by atoms with Crippen LogP contribution < -0.4 is 5.32 Å². The van der Waals surface area contributed by atoms with Gasteiger partial charge in [-0.15, -0.1) is 0 Å². The van der Waals surface area contributed by atoms with E-state index in [1.165, 1.54) is 13.1 Å². The molecule has 0 radical (unpaired) electrons. The number of thioether (sulfide) groups is 1. The zero-order chi connectivity index (χ0) is 21.7. The van der Waals surface area contributed by atoms with Gasteiger partial charge in [0, 0.05) is 18.2 Å². The van der Waals surface area contributed by atoms with E-state index in [1.807, 2.05) is 0 Å². The molecule has 0 unspecified atom stereocenters. The smallest absolute Gasteiger partial charge is 0.326 e. The molecule has 0 fully saturated rings. The molecular formula is C21H18F3N3O2S. The van der Waals surface area contributed by atoms with Gasteiger partial charge in [0.25, 0.3) is 0 Å². The molecule has 1 aromatic heterocycles. The summed E-state index contributed by atoms with van der Waals surface area (Å²) in [7, 11) is 0. The van der Waals surface area contributed by atoms with Gasteiger partial charge < -0.3 is 9.88 Å². The fourth-order valence-corrected chi connectivity index (χ4v) is 3.67. The summed E-state index contributed by atoms with van der Waals surface area (Å²) in [6.07, 6.45) is -3.04. The molecule has 3 rings (SSSR count). The molecule has 0 bridgehead atoms. The van der Waals surface area contributed by atoms with Gasteiger partial charge in [-0.05, 0) is 29.8 Å². The summed E-state index contributed by atoms with van der Waals surface area (Å²) < 4.78 is 40.5. The van der Waals surface area contributed by atoms with Gasteiger partial charge >= 0.3 is 6.18 Å². The first-order valence-corrected chi connectivity index (χ1v) is 9.93. The van der Waals surface area contributed by atoms with Crippen molar-refractivity contribution in [1.29, 1.82) is 0 Å². The van der Waals surface area contributed by atoms with Crippen molar-refractivity contribution in [2.24, 2.45) is 0 Å². The Balaban J connectivity index is 1.76. The standard InChI is InChI=1S/C21H18F3N3O2S/c1-14(28)26-17-9-7-16(8-10-17)19(29)12-30-20-25-11-18(15-5-3-2-4-6-15)27(20)13-21(22,23)24/h2-11H,12-13H2,1H3,(H,26,28). The number of nitrogens with one attached hydrogen (secondary N) is 1. The van der Waals surface area contributed by atoms with Crippen LogP contribution >= 0.6 is 11.8 Å². The molecule has 0 aliphatic heterocycles.